The van der Waals surface area contributed by atoms with Crippen LogP contribution in [0.3, 0.4) is 0 Å². The first-order valence-electron chi connectivity index (χ1n) is 19.1. The van der Waals surface area contributed by atoms with Gasteiger partial charge in [0.15, 0.2) is 6.29 Å². The number of benzene rings is 2. The van der Waals surface area contributed by atoms with Crippen LogP contribution in [0.5, 0.6) is 0 Å². The van der Waals surface area contributed by atoms with Crippen molar-refractivity contribution in [1.82, 2.24) is 19.3 Å². The van der Waals surface area contributed by atoms with Crippen molar-refractivity contribution in [3.05, 3.63) is 116 Å². The van der Waals surface area contributed by atoms with Crippen molar-refractivity contribution in [2.24, 2.45) is 7.05 Å². The number of hydrogen-bond donors (Lipinski definition) is 1. The molecule has 0 saturated heterocycles. The van der Waals surface area contributed by atoms with Crippen LogP contribution in [0.1, 0.15) is 65.4 Å². The molecule has 3 aromatic heterocycles. The number of aldehydes is 1. The first-order valence-corrected chi connectivity index (χ1v) is 19.8. The number of carboxylic acids is 1. The van der Waals surface area contributed by atoms with Gasteiger partial charge in [-0.05, 0) is 88.4 Å². The van der Waals surface area contributed by atoms with Crippen molar-refractivity contribution < 1.29 is 19.4 Å². The minimum Gasteiger partial charge on any atom is -0.480 e. The number of carbonyl (C=O) groups excluding carboxylic acids is 1. The van der Waals surface area contributed by atoms with E-state index < -0.39 is 12.0 Å². The van der Waals surface area contributed by atoms with Crippen LogP contribution in [-0.4, -0.2) is 69.0 Å². The monoisotopic (exact) mass is 794 g/mol. The van der Waals surface area contributed by atoms with Gasteiger partial charge in [-0.2, -0.15) is 5.10 Å². The number of likely N-dealkylation sites (N-methyl/N-ethyl adjacent to an activating group) is 1. The SMILES string of the molecule is CC1=CC(OCCCc2c(C=O)n(CCN(C)c3cccc4c3CC(C(=O)O)N4Cc3ccccn3)c3c(-c4c(C)nn(C)c4C)c(Cl)ccc23)CC(C)=C1Cl. The van der Waals surface area contributed by atoms with E-state index in [4.69, 9.17) is 33.0 Å². The van der Waals surface area contributed by atoms with E-state index in [-0.39, 0.29) is 6.10 Å². The van der Waals surface area contributed by atoms with Crippen LogP contribution < -0.4 is 9.80 Å². The molecule has 5 aromatic rings. The fourth-order valence-electron chi connectivity index (χ4n) is 8.57. The summed E-state index contributed by atoms with van der Waals surface area (Å²) in [5.74, 6) is -0.870. The molecule has 1 N–H and O–H groups in total. The van der Waals surface area contributed by atoms with Crippen LogP contribution in [0.4, 0.5) is 11.4 Å². The van der Waals surface area contributed by atoms with Gasteiger partial charge < -0.3 is 24.2 Å². The number of aryl methyl sites for hydroxylation is 3. The summed E-state index contributed by atoms with van der Waals surface area (Å²) < 4.78 is 10.3. The topological polar surface area (TPSA) is 106 Å². The molecule has 2 atom stereocenters. The Morgan fingerprint density at radius 3 is 2.54 bits per heavy atom. The molecule has 2 unspecified atom stereocenters. The standard InChI is InChI=1S/C44H48Cl2N6O4/c1-26-21-31(22-27(2)42(26)46)56-20-10-12-32-33-15-16-35(45)41(40-28(3)48-50(6)29(40)4)43(33)51(39(32)25-53)19-18-49(5)36-13-9-14-37-34(36)23-38(44(54)55)52(37)24-30-11-7-8-17-47-30/h7-9,11,13-17,21,25,31,38H,10,12,18-20,22-24H2,1-6H3,(H,54,55). The number of nitrogens with zero attached hydrogens (tertiary/aromatic N) is 6. The molecule has 0 fully saturated rings. The lowest BCUT2D eigenvalue weighted by atomic mass is 9.98. The van der Waals surface area contributed by atoms with E-state index in [9.17, 15) is 14.7 Å². The molecule has 0 saturated carbocycles. The fraction of sp³-hybridized carbons (Fsp3) is 0.364. The largest absolute Gasteiger partial charge is 0.480 e. The van der Waals surface area contributed by atoms with Crippen molar-refractivity contribution in [2.75, 3.05) is 30.0 Å². The summed E-state index contributed by atoms with van der Waals surface area (Å²) in [5.41, 5.74) is 11.9. The minimum atomic E-state index is -0.870. The molecule has 0 radical (unpaired) electrons. The van der Waals surface area contributed by atoms with Gasteiger partial charge in [0.25, 0.3) is 0 Å². The van der Waals surface area contributed by atoms with E-state index in [1.54, 1.807) is 6.20 Å². The number of ether oxygens (including phenoxy) is 1. The Morgan fingerprint density at radius 2 is 1.86 bits per heavy atom. The zero-order valence-electron chi connectivity index (χ0n) is 32.8. The van der Waals surface area contributed by atoms with Gasteiger partial charge in [-0.1, -0.05) is 53.1 Å². The molecule has 0 amide bonds. The third-order valence-corrected chi connectivity index (χ3v) is 12.3. The normalized spacial score (nSPS) is 16.8. The molecule has 56 heavy (non-hydrogen) atoms. The van der Waals surface area contributed by atoms with Gasteiger partial charge in [0.1, 0.15) is 6.04 Å². The number of carboxylic acid groups (broad SMARTS) is 1. The second-order valence-electron chi connectivity index (χ2n) is 15.0. The number of halogens is 2. The van der Waals surface area contributed by atoms with Crippen molar-refractivity contribution in [3.8, 4) is 11.1 Å². The first-order chi connectivity index (χ1) is 26.9. The molecule has 12 heteroatoms. The molecular weight excluding hydrogens is 747 g/mol. The zero-order chi connectivity index (χ0) is 39.8. The van der Waals surface area contributed by atoms with Crippen molar-refractivity contribution in [2.45, 2.75) is 78.6 Å². The lowest BCUT2D eigenvalue weighted by molar-refractivity contribution is -0.138. The third kappa shape index (κ3) is 7.38. The van der Waals surface area contributed by atoms with E-state index in [1.807, 2.05) is 99.9 Å². The highest BCUT2D eigenvalue weighted by Gasteiger charge is 2.36. The number of anilines is 2. The average molecular weight is 796 g/mol. The number of aliphatic carboxylic acids is 1. The number of allylic oxidation sites excluding steroid dienone is 2. The molecule has 4 heterocycles. The zero-order valence-corrected chi connectivity index (χ0v) is 34.3. The van der Waals surface area contributed by atoms with Gasteiger partial charge in [0.05, 0.1) is 40.3 Å². The molecule has 292 valence electrons. The molecular formula is C44H48Cl2N6O4. The van der Waals surface area contributed by atoms with Gasteiger partial charge in [0.2, 0.25) is 0 Å². The van der Waals surface area contributed by atoms with Crippen LogP contribution in [0, 0.1) is 13.8 Å². The number of pyridine rings is 1. The Labute approximate surface area is 338 Å². The maximum Gasteiger partial charge on any atom is 0.326 e. The van der Waals surface area contributed by atoms with Crippen molar-refractivity contribution >= 4 is 57.7 Å². The predicted molar refractivity (Wildman–Crippen MR) is 224 cm³/mol. The molecule has 2 aliphatic rings. The maximum atomic E-state index is 13.2. The summed E-state index contributed by atoms with van der Waals surface area (Å²) in [5, 5.41) is 17.4. The highest BCUT2D eigenvalue weighted by Crippen LogP contribution is 2.43. The van der Waals surface area contributed by atoms with Crippen LogP contribution in [-0.2, 0) is 42.5 Å². The average Bonchev–Trinajstić information content (AvgIpc) is 3.79. The number of rotatable bonds is 14. The van der Waals surface area contributed by atoms with Crippen molar-refractivity contribution in [1.29, 1.82) is 0 Å². The molecule has 7 rings (SSSR count). The van der Waals surface area contributed by atoms with E-state index in [0.29, 0.717) is 49.8 Å². The van der Waals surface area contributed by atoms with Gasteiger partial charge in [-0.25, -0.2) is 4.79 Å². The summed E-state index contributed by atoms with van der Waals surface area (Å²) in [6, 6.07) is 14.9. The van der Waals surface area contributed by atoms with E-state index >= 15 is 0 Å². The Bertz CT molecular complexity index is 2380. The Morgan fingerprint density at radius 1 is 1.05 bits per heavy atom. The quantitative estimate of drug-likeness (QED) is 0.0879. The lowest BCUT2D eigenvalue weighted by Crippen LogP contribution is -2.38. The summed E-state index contributed by atoms with van der Waals surface area (Å²) in [7, 11) is 3.95. The maximum absolute atomic E-state index is 13.2. The van der Waals surface area contributed by atoms with Crippen LogP contribution >= 0.6 is 23.2 Å². The molecule has 0 bridgehead atoms. The van der Waals surface area contributed by atoms with Gasteiger partial charge in [0, 0.05) is 90.6 Å². The molecule has 10 nitrogen and oxygen atoms in total. The summed E-state index contributed by atoms with van der Waals surface area (Å²) in [6.45, 7) is 10.0. The number of hydrogen-bond acceptors (Lipinski definition) is 7. The van der Waals surface area contributed by atoms with Crippen molar-refractivity contribution in [3.63, 3.8) is 0 Å². The molecule has 1 aliphatic heterocycles. The van der Waals surface area contributed by atoms with E-state index in [0.717, 1.165) is 96.9 Å². The van der Waals surface area contributed by atoms with Crippen LogP contribution in [0.25, 0.3) is 22.0 Å². The molecule has 0 spiro atoms. The van der Waals surface area contributed by atoms with E-state index in [1.165, 1.54) is 0 Å². The Hall–Kier alpha value is -4.90. The smallest absolute Gasteiger partial charge is 0.326 e. The lowest BCUT2D eigenvalue weighted by Gasteiger charge is -2.25. The second kappa shape index (κ2) is 16.3. The number of aromatic nitrogens is 4. The minimum absolute atomic E-state index is 0.0332. The molecule has 1 aliphatic carbocycles. The highest BCUT2D eigenvalue weighted by molar-refractivity contribution is 6.35. The number of fused-ring (bicyclic) bond motifs is 2. The number of carbonyl (C=O) groups is 2. The highest BCUT2D eigenvalue weighted by atomic mass is 35.5. The first kappa shape index (κ1) is 39.3. The summed E-state index contributed by atoms with van der Waals surface area (Å²) in [4.78, 5) is 34.3. The van der Waals surface area contributed by atoms with E-state index in [2.05, 4.69) is 20.5 Å². The van der Waals surface area contributed by atoms with Gasteiger partial charge in [-0.15, -0.1) is 0 Å². The summed E-state index contributed by atoms with van der Waals surface area (Å²) in [6.07, 6.45) is 7.24. The Balaban J connectivity index is 1.22. The van der Waals surface area contributed by atoms with Gasteiger partial charge in [-0.3, -0.25) is 14.5 Å². The Kier molecular flexibility index (Phi) is 11.4. The van der Waals surface area contributed by atoms with Crippen LogP contribution in [0.15, 0.2) is 77.0 Å². The molecule has 2 aromatic carbocycles. The summed E-state index contributed by atoms with van der Waals surface area (Å²) >= 11 is 13.5. The second-order valence-corrected chi connectivity index (χ2v) is 15.8. The predicted octanol–water partition coefficient (Wildman–Crippen LogP) is 8.85. The third-order valence-electron chi connectivity index (χ3n) is 11.4. The van der Waals surface area contributed by atoms with Crippen LogP contribution in [0.2, 0.25) is 5.02 Å². The van der Waals surface area contributed by atoms with Gasteiger partial charge >= 0.3 is 5.97 Å². The fourth-order valence-corrected chi connectivity index (χ4v) is 8.95.